The average molecular weight is 327 g/mol. The van der Waals surface area contributed by atoms with Crippen LogP contribution in [0.1, 0.15) is 41.8 Å². The molecule has 24 heavy (non-hydrogen) atoms. The molecule has 0 aromatic heterocycles. The molecule has 2 aromatic carbocycles. The second-order valence-electron chi connectivity index (χ2n) is 5.95. The maximum atomic E-state index is 11.8. The zero-order chi connectivity index (χ0) is 17.5. The zero-order valence-electron chi connectivity index (χ0n) is 14.5. The molecule has 4 heteroatoms. The van der Waals surface area contributed by atoms with Crippen LogP contribution < -0.4 is 0 Å². The van der Waals surface area contributed by atoms with Gasteiger partial charge in [0.25, 0.3) is 0 Å². The molecule has 0 aliphatic rings. The van der Waals surface area contributed by atoms with E-state index in [2.05, 4.69) is 30.9 Å². The van der Waals surface area contributed by atoms with Gasteiger partial charge in [0.1, 0.15) is 11.3 Å². The van der Waals surface area contributed by atoms with E-state index >= 15 is 0 Å². The molecular formula is C20H25NO3. The van der Waals surface area contributed by atoms with Crippen LogP contribution in [0.5, 0.6) is 5.75 Å². The van der Waals surface area contributed by atoms with Crippen LogP contribution in [-0.4, -0.2) is 29.1 Å². The highest BCUT2D eigenvalue weighted by molar-refractivity contribution is 5.92. The average Bonchev–Trinajstić information content (AvgIpc) is 2.62. The molecule has 0 bridgehead atoms. The largest absolute Gasteiger partial charge is 0.507 e. The standard InChI is InChI=1S/C20H25NO3/c1-4-15(2)21(13-16-9-6-5-7-10-16)14-17-11-8-12-18(19(17)22)20(23)24-3/h5-12,15,22H,4,13-14H2,1-3H3/t15-/m0/s1. The molecule has 0 spiro atoms. The molecule has 4 nitrogen and oxygen atoms in total. The quantitative estimate of drug-likeness (QED) is 0.782. The fourth-order valence-electron chi connectivity index (χ4n) is 2.66. The van der Waals surface area contributed by atoms with Crippen LogP contribution in [0.2, 0.25) is 0 Å². The molecule has 0 unspecified atom stereocenters. The topological polar surface area (TPSA) is 49.8 Å². The third-order valence-electron chi connectivity index (χ3n) is 4.34. The molecule has 2 aromatic rings. The van der Waals surface area contributed by atoms with Crippen molar-refractivity contribution in [3.63, 3.8) is 0 Å². The van der Waals surface area contributed by atoms with E-state index in [1.807, 2.05) is 24.3 Å². The number of para-hydroxylation sites is 1. The van der Waals surface area contributed by atoms with Gasteiger partial charge in [-0.25, -0.2) is 4.79 Å². The van der Waals surface area contributed by atoms with Crippen molar-refractivity contribution in [2.24, 2.45) is 0 Å². The Balaban J connectivity index is 2.25. The normalized spacial score (nSPS) is 12.2. The predicted octanol–water partition coefficient (Wildman–Crippen LogP) is 3.98. The molecule has 0 heterocycles. The Morgan fingerprint density at radius 2 is 1.83 bits per heavy atom. The van der Waals surface area contributed by atoms with Crippen molar-refractivity contribution in [1.29, 1.82) is 0 Å². The molecule has 0 aliphatic carbocycles. The first-order valence-corrected chi connectivity index (χ1v) is 8.24. The van der Waals surface area contributed by atoms with Crippen molar-refractivity contribution in [3.05, 3.63) is 65.2 Å². The van der Waals surface area contributed by atoms with Crippen LogP contribution in [-0.2, 0) is 17.8 Å². The molecule has 0 fully saturated rings. The van der Waals surface area contributed by atoms with E-state index < -0.39 is 5.97 Å². The van der Waals surface area contributed by atoms with Crippen molar-refractivity contribution in [2.75, 3.05) is 7.11 Å². The molecular weight excluding hydrogens is 302 g/mol. The summed E-state index contributed by atoms with van der Waals surface area (Å²) in [6, 6.07) is 15.8. The highest BCUT2D eigenvalue weighted by Gasteiger charge is 2.19. The van der Waals surface area contributed by atoms with Gasteiger partial charge in [0, 0.05) is 24.7 Å². The number of rotatable bonds is 7. The summed E-state index contributed by atoms with van der Waals surface area (Å²) < 4.78 is 4.73. The summed E-state index contributed by atoms with van der Waals surface area (Å²) in [6.07, 6.45) is 1.00. The molecule has 1 atom stereocenters. The SMILES string of the molecule is CC[C@H](C)N(Cc1ccccc1)Cc1cccc(C(=O)OC)c1O. The van der Waals surface area contributed by atoms with Crippen LogP contribution in [0.25, 0.3) is 0 Å². The van der Waals surface area contributed by atoms with E-state index in [-0.39, 0.29) is 11.3 Å². The maximum absolute atomic E-state index is 11.8. The Bertz CT molecular complexity index is 670. The first kappa shape index (κ1) is 18.0. The van der Waals surface area contributed by atoms with E-state index in [1.165, 1.54) is 12.7 Å². The maximum Gasteiger partial charge on any atom is 0.341 e. The molecule has 1 N–H and O–H groups in total. The van der Waals surface area contributed by atoms with Crippen LogP contribution in [0.15, 0.2) is 48.5 Å². The first-order valence-electron chi connectivity index (χ1n) is 8.24. The van der Waals surface area contributed by atoms with Gasteiger partial charge in [0.15, 0.2) is 0 Å². The fourth-order valence-corrected chi connectivity index (χ4v) is 2.66. The van der Waals surface area contributed by atoms with Gasteiger partial charge in [-0.3, -0.25) is 4.90 Å². The number of esters is 1. The first-order chi connectivity index (χ1) is 11.6. The fraction of sp³-hybridized carbons (Fsp3) is 0.350. The van der Waals surface area contributed by atoms with Gasteiger partial charge in [-0.15, -0.1) is 0 Å². The van der Waals surface area contributed by atoms with Gasteiger partial charge >= 0.3 is 5.97 Å². The van der Waals surface area contributed by atoms with Gasteiger partial charge in [0.2, 0.25) is 0 Å². The Kier molecular flexibility index (Phi) is 6.38. The van der Waals surface area contributed by atoms with Gasteiger partial charge < -0.3 is 9.84 Å². The number of phenols is 1. The second kappa shape index (κ2) is 8.50. The third kappa shape index (κ3) is 4.36. The summed E-state index contributed by atoms with van der Waals surface area (Å²) in [7, 11) is 1.31. The molecule has 0 amide bonds. The summed E-state index contributed by atoms with van der Waals surface area (Å²) in [5.74, 6) is -0.516. The van der Waals surface area contributed by atoms with Crippen molar-refractivity contribution < 1.29 is 14.6 Å². The minimum atomic E-state index is -0.521. The van der Waals surface area contributed by atoms with Gasteiger partial charge in [-0.1, -0.05) is 49.4 Å². The Morgan fingerprint density at radius 3 is 2.46 bits per heavy atom. The number of hydrogen-bond acceptors (Lipinski definition) is 4. The Hall–Kier alpha value is -2.33. The van der Waals surface area contributed by atoms with Crippen molar-refractivity contribution in [1.82, 2.24) is 4.90 Å². The lowest BCUT2D eigenvalue weighted by Crippen LogP contribution is -2.31. The smallest absolute Gasteiger partial charge is 0.341 e. The number of carbonyl (C=O) groups excluding carboxylic acids is 1. The third-order valence-corrected chi connectivity index (χ3v) is 4.34. The lowest BCUT2D eigenvalue weighted by atomic mass is 10.1. The van der Waals surface area contributed by atoms with Crippen molar-refractivity contribution in [2.45, 2.75) is 39.4 Å². The highest BCUT2D eigenvalue weighted by atomic mass is 16.5. The van der Waals surface area contributed by atoms with Crippen LogP contribution >= 0.6 is 0 Å². The van der Waals surface area contributed by atoms with Gasteiger partial charge in [-0.2, -0.15) is 0 Å². The van der Waals surface area contributed by atoms with Gasteiger partial charge in [-0.05, 0) is 25.0 Å². The summed E-state index contributed by atoms with van der Waals surface area (Å²) >= 11 is 0. The molecule has 0 saturated heterocycles. The van der Waals surface area contributed by atoms with E-state index in [0.29, 0.717) is 12.6 Å². The predicted molar refractivity (Wildman–Crippen MR) is 94.9 cm³/mol. The minimum absolute atomic E-state index is 0.00529. The number of ether oxygens (including phenoxy) is 1. The monoisotopic (exact) mass is 327 g/mol. The summed E-state index contributed by atoms with van der Waals surface area (Å²) in [4.78, 5) is 14.1. The highest BCUT2D eigenvalue weighted by Crippen LogP contribution is 2.26. The zero-order valence-corrected chi connectivity index (χ0v) is 14.5. The van der Waals surface area contributed by atoms with Crippen molar-refractivity contribution in [3.8, 4) is 5.75 Å². The second-order valence-corrected chi connectivity index (χ2v) is 5.95. The molecule has 0 radical (unpaired) electrons. The summed E-state index contributed by atoms with van der Waals surface area (Å²) in [6.45, 7) is 5.68. The van der Waals surface area contributed by atoms with E-state index in [0.717, 1.165) is 18.5 Å². The van der Waals surface area contributed by atoms with Crippen LogP contribution in [0.4, 0.5) is 0 Å². The summed E-state index contributed by atoms with van der Waals surface area (Å²) in [5.41, 5.74) is 2.16. The number of aromatic hydroxyl groups is 1. The number of carbonyl (C=O) groups is 1. The van der Waals surface area contributed by atoms with Gasteiger partial charge in [0.05, 0.1) is 7.11 Å². The number of phenolic OH excluding ortho intramolecular Hbond substituents is 1. The van der Waals surface area contributed by atoms with Crippen molar-refractivity contribution >= 4 is 5.97 Å². The number of hydrogen-bond donors (Lipinski definition) is 1. The van der Waals surface area contributed by atoms with Crippen LogP contribution in [0.3, 0.4) is 0 Å². The molecule has 2 rings (SSSR count). The number of nitrogens with zero attached hydrogens (tertiary/aromatic N) is 1. The minimum Gasteiger partial charge on any atom is -0.507 e. The summed E-state index contributed by atoms with van der Waals surface area (Å²) in [5, 5.41) is 10.4. The van der Waals surface area contributed by atoms with E-state index in [4.69, 9.17) is 4.74 Å². The lowest BCUT2D eigenvalue weighted by molar-refractivity contribution is 0.0597. The number of methoxy groups -OCH3 is 1. The number of benzene rings is 2. The Labute approximate surface area is 143 Å². The van der Waals surface area contributed by atoms with Crippen LogP contribution in [0, 0.1) is 0 Å². The van der Waals surface area contributed by atoms with E-state index in [9.17, 15) is 9.90 Å². The molecule has 128 valence electrons. The molecule has 0 aliphatic heterocycles. The molecule has 0 saturated carbocycles. The Morgan fingerprint density at radius 1 is 1.12 bits per heavy atom. The lowest BCUT2D eigenvalue weighted by Gasteiger charge is -2.29. The van der Waals surface area contributed by atoms with E-state index in [1.54, 1.807) is 12.1 Å².